The molecule has 0 aliphatic carbocycles. The van der Waals surface area contributed by atoms with Crippen LogP contribution in [0, 0.1) is 13.8 Å². The van der Waals surface area contributed by atoms with Crippen LogP contribution < -0.4 is 4.98 Å². The third-order valence-electron chi connectivity index (χ3n) is 3.12. The molecule has 0 fully saturated rings. The number of nitrogens with one attached hydrogen (secondary N) is 1. The van der Waals surface area contributed by atoms with Gasteiger partial charge in [-0.2, -0.15) is 0 Å². The molecular weight excluding hydrogens is 272 g/mol. The minimum Gasteiger partial charge on any atom is -0.410 e. The van der Waals surface area contributed by atoms with Crippen LogP contribution in [0.1, 0.15) is 16.7 Å². The molecule has 0 heterocycles. The van der Waals surface area contributed by atoms with Gasteiger partial charge in [0.25, 0.3) is 0 Å². The van der Waals surface area contributed by atoms with E-state index in [0.717, 1.165) is 5.69 Å². The van der Waals surface area contributed by atoms with Gasteiger partial charge in [0.1, 0.15) is 8.24 Å². The number of hydrogen-bond donors (Lipinski definition) is 1. The zero-order valence-corrected chi connectivity index (χ0v) is 14.6. The summed E-state index contributed by atoms with van der Waals surface area (Å²) in [5.74, 6) is 0. The molecule has 2 aromatic rings. The van der Waals surface area contributed by atoms with Crippen LogP contribution in [-0.2, 0) is 0 Å². The molecule has 0 unspecified atom stereocenters. The highest BCUT2D eigenvalue weighted by atomic mass is 28.3. The van der Waals surface area contributed by atoms with Gasteiger partial charge in [-0.3, -0.25) is 4.99 Å². The number of hydrogen-bond acceptors (Lipinski definition) is 2. The van der Waals surface area contributed by atoms with E-state index in [-0.39, 0.29) is 0 Å². The Labute approximate surface area is 129 Å². The maximum absolute atomic E-state index is 4.60. The topological polar surface area (TPSA) is 24.4 Å². The molecule has 0 saturated heterocycles. The molecule has 0 aliphatic rings. The lowest BCUT2D eigenvalue weighted by Gasteiger charge is -2.23. The number of benzene rings is 2. The number of aryl methyl sites for hydroxylation is 2. The van der Waals surface area contributed by atoms with E-state index in [4.69, 9.17) is 0 Å². The van der Waals surface area contributed by atoms with E-state index in [1.54, 1.807) is 0 Å². The van der Waals surface area contributed by atoms with Crippen molar-refractivity contribution in [2.45, 2.75) is 33.5 Å². The third-order valence-corrected chi connectivity index (χ3v) is 4.12. The van der Waals surface area contributed by atoms with Gasteiger partial charge in [0, 0.05) is 17.5 Å². The van der Waals surface area contributed by atoms with Crippen molar-refractivity contribution in [2.24, 2.45) is 4.99 Å². The van der Waals surface area contributed by atoms with Crippen molar-refractivity contribution in [3.05, 3.63) is 59.2 Å². The average Bonchev–Trinajstić information content (AvgIpc) is 2.40. The first-order chi connectivity index (χ1) is 9.85. The van der Waals surface area contributed by atoms with Gasteiger partial charge in [-0.05, 0) is 37.6 Å². The van der Waals surface area contributed by atoms with Gasteiger partial charge in [-0.25, -0.2) is 0 Å². The van der Waals surface area contributed by atoms with E-state index >= 15 is 0 Å². The summed E-state index contributed by atoms with van der Waals surface area (Å²) >= 11 is 0. The van der Waals surface area contributed by atoms with Crippen LogP contribution in [0.5, 0.6) is 0 Å². The number of aliphatic imine (C=N–C) groups is 1. The molecule has 3 heteroatoms. The fourth-order valence-electron chi connectivity index (χ4n) is 2.31. The highest BCUT2D eigenvalue weighted by molar-refractivity contribution is 6.79. The van der Waals surface area contributed by atoms with Crippen molar-refractivity contribution in [1.29, 1.82) is 0 Å². The van der Waals surface area contributed by atoms with Gasteiger partial charge < -0.3 is 4.98 Å². The number of anilines is 1. The van der Waals surface area contributed by atoms with Gasteiger partial charge in [-0.1, -0.05) is 49.5 Å². The minimum absolute atomic E-state index is 0.982. The van der Waals surface area contributed by atoms with E-state index in [0.29, 0.717) is 0 Å². The summed E-state index contributed by atoms with van der Waals surface area (Å²) in [5.41, 5.74) is 5.92. The van der Waals surface area contributed by atoms with E-state index in [1.807, 2.05) is 36.5 Å². The van der Waals surface area contributed by atoms with E-state index < -0.39 is 8.24 Å². The van der Waals surface area contributed by atoms with Gasteiger partial charge in [0.05, 0.1) is 5.69 Å². The van der Waals surface area contributed by atoms with Gasteiger partial charge in [0.2, 0.25) is 0 Å². The summed E-state index contributed by atoms with van der Waals surface area (Å²) < 4.78 is 0. The predicted octanol–water partition coefficient (Wildman–Crippen LogP) is 5.30. The third kappa shape index (κ3) is 4.57. The number of rotatable bonds is 4. The fraction of sp³-hybridized carbons (Fsp3) is 0.278. The van der Waals surface area contributed by atoms with Gasteiger partial charge >= 0.3 is 0 Å². The average molecular weight is 296 g/mol. The standard InChI is InChI=1S/C18H24N2Si/c1-14-11-15(2)18(20-21(3,4)5)16(12-14)13-19-17-9-7-6-8-10-17/h6-13,20H,1-5H3. The summed E-state index contributed by atoms with van der Waals surface area (Å²) in [6.45, 7) is 11.2. The van der Waals surface area contributed by atoms with Crippen LogP contribution in [0.25, 0.3) is 0 Å². The van der Waals surface area contributed by atoms with Crippen LogP contribution in [0.15, 0.2) is 47.5 Å². The first-order valence-corrected chi connectivity index (χ1v) is 10.8. The normalized spacial score (nSPS) is 11.9. The number of para-hydroxylation sites is 1. The van der Waals surface area contributed by atoms with Gasteiger partial charge in [-0.15, -0.1) is 0 Å². The molecule has 1 N–H and O–H groups in total. The zero-order valence-electron chi connectivity index (χ0n) is 13.6. The Bertz CT molecular complexity index is 640. The van der Waals surface area contributed by atoms with Crippen LogP contribution >= 0.6 is 0 Å². The maximum atomic E-state index is 4.60. The Morgan fingerprint density at radius 1 is 1.00 bits per heavy atom. The maximum Gasteiger partial charge on any atom is 0.144 e. The molecule has 0 bridgehead atoms. The Kier molecular flexibility index (Phi) is 4.63. The Hall–Kier alpha value is -1.87. The molecule has 2 rings (SSSR count). The van der Waals surface area contributed by atoms with Crippen molar-refractivity contribution in [3.8, 4) is 0 Å². The fourth-order valence-corrected chi connectivity index (χ4v) is 3.40. The first-order valence-electron chi connectivity index (χ1n) is 7.34. The molecule has 2 nitrogen and oxygen atoms in total. The quantitative estimate of drug-likeness (QED) is 0.601. The Morgan fingerprint density at radius 3 is 2.29 bits per heavy atom. The van der Waals surface area contributed by atoms with Crippen molar-refractivity contribution >= 4 is 25.8 Å². The smallest absolute Gasteiger partial charge is 0.144 e. The minimum atomic E-state index is -1.40. The molecule has 2 aromatic carbocycles. The number of nitrogens with zero attached hydrogens (tertiary/aromatic N) is 1. The Morgan fingerprint density at radius 2 is 1.67 bits per heavy atom. The van der Waals surface area contributed by atoms with Crippen LogP contribution in [0.4, 0.5) is 11.4 Å². The predicted molar refractivity (Wildman–Crippen MR) is 96.6 cm³/mol. The van der Waals surface area contributed by atoms with Crippen molar-refractivity contribution in [2.75, 3.05) is 4.98 Å². The molecule has 21 heavy (non-hydrogen) atoms. The SMILES string of the molecule is Cc1cc(C)c(N[Si](C)(C)C)c(C=Nc2ccccc2)c1. The van der Waals surface area contributed by atoms with Crippen molar-refractivity contribution < 1.29 is 0 Å². The summed E-state index contributed by atoms with van der Waals surface area (Å²) in [5, 5.41) is 0. The molecule has 0 amide bonds. The summed E-state index contributed by atoms with van der Waals surface area (Å²) in [7, 11) is -1.40. The van der Waals surface area contributed by atoms with Gasteiger partial charge in [0.15, 0.2) is 0 Å². The van der Waals surface area contributed by atoms with Crippen LogP contribution in [-0.4, -0.2) is 14.5 Å². The first kappa shape index (κ1) is 15.5. The molecule has 0 radical (unpaired) electrons. The summed E-state index contributed by atoms with van der Waals surface area (Å²) in [6.07, 6.45) is 1.97. The van der Waals surface area contributed by atoms with Crippen molar-refractivity contribution in [1.82, 2.24) is 0 Å². The lowest BCUT2D eigenvalue weighted by molar-refractivity contribution is 1.36. The molecular formula is C18H24N2Si. The monoisotopic (exact) mass is 296 g/mol. The highest BCUT2D eigenvalue weighted by Gasteiger charge is 2.16. The largest absolute Gasteiger partial charge is 0.410 e. The molecule has 0 saturated carbocycles. The molecule has 0 atom stereocenters. The van der Waals surface area contributed by atoms with Crippen LogP contribution in [0.3, 0.4) is 0 Å². The molecule has 0 spiro atoms. The lowest BCUT2D eigenvalue weighted by Crippen LogP contribution is -2.33. The van der Waals surface area contributed by atoms with E-state index in [9.17, 15) is 0 Å². The summed E-state index contributed by atoms with van der Waals surface area (Å²) in [6, 6.07) is 14.5. The second-order valence-electron chi connectivity index (χ2n) is 6.51. The van der Waals surface area contributed by atoms with E-state index in [1.165, 1.54) is 22.4 Å². The molecule has 0 aliphatic heterocycles. The second kappa shape index (κ2) is 6.27. The molecule has 110 valence electrons. The second-order valence-corrected chi connectivity index (χ2v) is 11.3. The van der Waals surface area contributed by atoms with E-state index in [2.05, 4.69) is 55.6 Å². The summed E-state index contributed by atoms with van der Waals surface area (Å²) in [4.78, 5) is 8.33. The lowest BCUT2D eigenvalue weighted by atomic mass is 10.1. The van der Waals surface area contributed by atoms with Crippen LogP contribution in [0.2, 0.25) is 19.6 Å². The highest BCUT2D eigenvalue weighted by Crippen LogP contribution is 2.24. The van der Waals surface area contributed by atoms with Crippen molar-refractivity contribution in [3.63, 3.8) is 0 Å². The Balaban J connectivity index is 2.40. The molecule has 0 aromatic heterocycles. The zero-order chi connectivity index (χ0) is 15.5.